The molecule has 0 N–H and O–H groups in total. The standard InChI is InChI=1S/C21H12BrNO5/c22-15-9-7-13(8-10-15)20(24)27-17-5-2-1-4-14(17)12-16-21(25)28-19(23-16)18-6-3-11-26-18/h1-12H/b16-12+. The van der Waals surface area contributed by atoms with E-state index in [1.54, 1.807) is 60.7 Å². The zero-order chi connectivity index (χ0) is 19.5. The number of ether oxygens (including phenoxy) is 2. The van der Waals surface area contributed by atoms with Gasteiger partial charge in [0.25, 0.3) is 5.90 Å². The SMILES string of the molecule is O=C1OC(c2ccco2)=N/C1=C/c1ccccc1OC(=O)c1ccc(Br)cc1. The van der Waals surface area contributed by atoms with E-state index in [9.17, 15) is 9.59 Å². The fraction of sp³-hybridized carbons (Fsp3) is 0. The van der Waals surface area contributed by atoms with Crippen LogP contribution in [0.1, 0.15) is 21.7 Å². The van der Waals surface area contributed by atoms with E-state index in [0.29, 0.717) is 22.6 Å². The summed E-state index contributed by atoms with van der Waals surface area (Å²) in [6.07, 6.45) is 2.97. The summed E-state index contributed by atoms with van der Waals surface area (Å²) in [5.41, 5.74) is 1.01. The monoisotopic (exact) mass is 437 g/mol. The first kappa shape index (κ1) is 17.9. The maximum Gasteiger partial charge on any atom is 0.363 e. The van der Waals surface area contributed by atoms with E-state index in [0.717, 1.165) is 4.47 Å². The molecule has 6 nitrogen and oxygen atoms in total. The minimum Gasteiger partial charge on any atom is -0.459 e. The summed E-state index contributed by atoms with van der Waals surface area (Å²) in [4.78, 5) is 28.7. The molecule has 0 atom stereocenters. The van der Waals surface area contributed by atoms with Crippen molar-refractivity contribution in [2.45, 2.75) is 0 Å². The second-order valence-electron chi connectivity index (χ2n) is 5.75. The minimum absolute atomic E-state index is 0.0820. The smallest absolute Gasteiger partial charge is 0.363 e. The molecule has 1 aliphatic heterocycles. The van der Waals surface area contributed by atoms with E-state index in [1.165, 1.54) is 12.3 Å². The van der Waals surface area contributed by atoms with Gasteiger partial charge in [-0.05, 0) is 48.5 Å². The summed E-state index contributed by atoms with van der Waals surface area (Å²) in [5, 5.41) is 0. The van der Waals surface area contributed by atoms with E-state index in [4.69, 9.17) is 13.9 Å². The fourth-order valence-electron chi connectivity index (χ4n) is 2.50. The molecule has 0 spiro atoms. The number of nitrogens with zero attached hydrogens (tertiary/aromatic N) is 1. The first-order valence-corrected chi connectivity index (χ1v) is 9.03. The van der Waals surface area contributed by atoms with Crippen LogP contribution < -0.4 is 4.74 Å². The molecule has 138 valence electrons. The van der Waals surface area contributed by atoms with Crippen LogP contribution in [0.5, 0.6) is 5.75 Å². The molecule has 0 bridgehead atoms. The van der Waals surface area contributed by atoms with Gasteiger partial charge in [0.15, 0.2) is 11.5 Å². The quantitative estimate of drug-likeness (QED) is 0.338. The Morgan fingerprint density at radius 2 is 1.82 bits per heavy atom. The Morgan fingerprint density at radius 1 is 1.04 bits per heavy atom. The predicted octanol–water partition coefficient (Wildman–Crippen LogP) is 4.61. The van der Waals surface area contributed by atoms with Crippen LogP contribution in [0.3, 0.4) is 0 Å². The summed E-state index contributed by atoms with van der Waals surface area (Å²) < 4.78 is 16.7. The second-order valence-corrected chi connectivity index (χ2v) is 6.66. The van der Waals surface area contributed by atoms with Crippen molar-refractivity contribution in [2.24, 2.45) is 4.99 Å². The van der Waals surface area contributed by atoms with Crippen molar-refractivity contribution in [2.75, 3.05) is 0 Å². The third-order valence-corrected chi connectivity index (χ3v) is 4.37. The van der Waals surface area contributed by atoms with Crippen LogP contribution in [-0.2, 0) is 9.53 Å². The van der Waals surface area contributed by atoms with Crippen LogP contribution >= 0.6 is 15.9 Å². The summed E-state index contributed by atoms with van der Waals surface area (Å²) >= 11 is 3.32. The zero-order valence-corrected chi connectivity index (χ0v) is 15.9. The van der Waals surface area contributed by atoms with Crippen molar-refractivity contribution >= 4 is 39.8 Å². The number of hydrogen-bond acceptors (Lipinski definition) is 6. The van der Waals surface area contributed by atoms with Gasteiger partial charge in [-0.3, -0.25) is 0 Å². The molecule has 2 aromatic carbocycles. The highest BCUT2D eigenvalue weighted by atomic mass is 79.9. The minimum atomic E-state index is -0.611. The molecule has 1 aromatic heterocycles. The highest BCUT2D eigenvalue weighted by Gasteiger charge is 2.26. The molecule has 3 aromatic rings. The molecule has 4 rings (SSSR count). The Labute approximate surface area is 168 Å². The van der Waals surface area contributed by atoms with Crippen molar-refractivity contribution in [3.63, 3.8) is 0 Å². The number of cyclic esters (lactones) is 1. The van der Waals surface area contributed by atoms with E-state index < -0.39 is 11.9 Å². The van der Waals surface area contributed by atoms with Crippen molar-refractivity contribution in [1.29, 1.82) is 0 Å². The number of esters is 2. The summed E-state index contributed by atoms with van der Waals surface area (Å²) in [6.45, 7) is 0. The number of halogens is 1. The maximum absolute atomic E-state index is 12.4. The topological polar surface area (TPSA) is 78.1 Å². The maximum atomic E-state index is 12.4. The van der Waals surface area contributed by atoms with Gasteiger partial charge in [-0.25, -0.2) is 14.6 Å². The Balaban J connectivity index is 1.61. The van der Waals surface area contributed by atoms with E-state index in [2.05, 4.69) is 20.9 Å². The lowest BCUT2D eigenvalue weighted by atomic mass is 10.1. The molecule has 1 aliphatic rings. The Hall–Kier alpha value is -3.45. The lowest BCUT2D eigenvalue weighted by Gasteiger charge is -2.07. The van der Waals surface area contributed by atoms with Gasteiger partial charge in [0.05, 0.1) is 11.8 Å². The van der Waals surface area contributed by atoms with E-state index >= 15 is 0 Å². The van der Waals surface area contributed by atoms with Crippen LogP contribution in [0.2, 0.25) is 0 Å². The summed E-state index contributed by atoms with van der Waals surface area (Å²) in [7, 11) is 0. The molecule has 0 aliphatic carbocycles. The molecule has 0 radical (unpaired) electrons. The largest absolute Gasteiger partial charge is 0.459 e. The Bertz CT molecular complexity index is 1100. The number of aliphatic imine (C=N–C) groups is 1. The average molecular weight is 438 g/mol. The van der Waals surface area contributed by atoms with Gasteiger partial charge in [0.1, 0.15) is 5.75 Å². The van der Waals surface area contributed by atoms with Crippen LogP contribution in [0.4, 0.5) is 0 Å². The Morgan fingerprint density at radius 3 is 2.57 bits per heavy atom. The van der Waals surface area contributed by atoms with Gasteiger partial charge in [-0.2, -0.15) is 0 Å². The highest BCUT2D eigenvalue weighted by molar-refractivity contribution is 9.10. The van der Waals surface area contributed by atoms with Gasteiger partial charge in [0.2, 0.25) is 0 Å². The summed E-state index contributed by atoms with van der Waals surface area (Å²) in [6, 6.07) is 17.0. The second kappa shape index (κ2) is 7.66. The van der Waals surface area contributed by atoms with Gasteiger partial charge in [0, 0.05) is 10.0 Å². The fourth-order valence-corrected chi connectivity index (χ4v) is 2.76. The molecule has 7 heteroatoms. The normalized spacial score (nSPS) is 14.7. The van der Waals surface area contributed by atoms with Gasteiger partial charge < -0.3 is 13.9 Å². The molecular weight excluding hydrogens is 426 g/mol. The number of furan rings is 1. The molecule has 28 heavy (non-hydrogen) atoms. The predicted molar refractivity (Wildman–Crippen MR) is 105 cm³/mol. The van der Waals surface area contributed by atoms with Crippen molar-refractivity contribution in [3.8, 4) is 5.75 Å². The lowest BCUT2D eigenvalue weighted by molar-refractivity contribution is -0.130. The van der Waals surface area contributed by atoms with Crippen molar-refractivity contribution in [3.05, 3.63) is 94.0 Å². The number of rotatable bonds is 4. The molecule has 0 saturated heterocycles. The third-order valence-electron chi connectivity index (χ3n) is 3.85. The third kappa shape index (κ3) is 3.79. The molecule has 0 fully saturated rings. The van der Waals surface area contributed by atoms with Crippen LogP contribution in [-0.4, -0.2) is 17.8 Å². The van der Waals surface area contributed by atoms with Crippen LogP contribution in [0.25, 0.3) is 6.08 Å². The number of hydrogen-bond donors (Lipinski definition) is 0. The summed E-state index contributed by atoms with van der Waals surface area (Å²) in [5.74, 6) is -0.373. The van der Waals surface area contributed by atoms with Gasteiger partial charge >= 0.3 is 11.9 Å². The van der Waals surface area contributed by atoms with Gasteiger partial charge in [-0.15, -0.1) is 0 Å². The average Bonchev–Trinajstić information content (AvgIpc) is 3.34. The van der Waals surface area contributed by atoms with E-state index in [1.807, 2.05) is 0 Å². The number of para-hydroxylation sites is 1. The molecule has 2 heterocycles. The molecule has 0 unspecified atom stereocenters. The first-order chi connectivity index (χ1) is 13.6. The number of benzene rings is 2. The number of carbonyl (C=O) groups is 2. The first-order valence-electron chi connectivity index (χ1n) is 8.23. The van der Waals surface area contributed by atoms with Gasteiger partial charge in [-0.1, -0.05) is 34.1 Å². The zero-order valence-electron chi connectivity index (χ0n) is 14.3. The van der Waals surface area contributed by atoms with Crippen LogP contribution in [0.15, 0.2) is 86.5 Å². The Kier molecular flexibility index (Phi) is 4.90. The van der Waals surface area contributed by atoms with Crippen LogP contribution in [0, 0.1) is 0 Å². The molecular formula is C21H12BrNO5. The van der Waals surface area contributed by atoms with E-state index in [-0.39, 0.29) is 11.6 Å². The molecule has 0 amide bonds. The highest BCUT2D eigenvalue weighted by Crippen LogP contribution is 2.25. The van der Waals surface area contributed by atoms with Crippen molar-refractivity contribution < 1.29 is 23.5 Å². The lowest BCUT2D eigenvalue weighted by Crippen LogP contribution is -2.09. The molecule has 0 saturated carbocycles. The number of carbonyl (C=O) groups excluding carboxylic acids is 2. The van der Waals surface area contributed by atoms with Crippen molar-refractivity contribution in [1.82, 2.24) is 0 Å².